The summed E-state index contributed by atoms with van der Waals surface area (Å²) < 4.78 is 5.20. The minimum Gasteiger partial charge on any atom is -0.480 e. The van der Waals surface area contributed by atoms with E-state index in [1.165, 1.54) is 0 Å². The van der Waals surface area contributed by atoms with Gasteiger partial charge in [0.1, 0.15) is 6.61 Å². The number of ether oxygens (including phenoxy) is 1. The Bertz CT molecular complexity index is 445. The van der Waals surface area contributed by atoms with Gasteiger partial charge in [-0.1, -0.05) is 23.7 Å². The van der Waals surface area contributed by atoms with Crippen molar-refractivity contribution in [2.75, 3.05) is 6.61 Å². The molecule has 0 bridgehead atoms. The normalized spacial score (nSPS) is 19.1. The maximum absolute atomic E-state index is 10.6. The van der Waals surface area contributed by atoms with Gasteiger partial charge >= 0.3 is 5.97 Å². The van der Waals surface area contributed by atoms with Crippen molar-refractivity contribution < 1.29 is 14.6 Å². The van der Waals surface area contributed by atoms with Gasteiger partial charge in [0.25, 0.3) is 0 Å². The lowest BCUT2D eigenvalue weighted by Gasteiger charge is -2.01. The second-order valence-electron chi connectivity index (χ2n) is 3.49. The smallest absolute Gasteiger partial charge is 0.332 e. The van der Waals surface area contributed by atoms with Gasteiger partial charge < -0.3 is 9.84 Å². The number of carbonyl (C=O) groups is 1. The summed E-state index contributed by atoms with van der Waals surface area (Å²) in [6.45, 7) is 0.116. The predicted octanol–water partition coefficient (Wildman–Crippen LogP) is 1.76. The number of hydrogen-bond acceptors (Lipinski definition) is 3. The quantitative estimate of drug-likeness (QED) is 0.875. The van der Waals surface area contributed by atoms with Crippen molar-refractivity contribution in [1.29, 1.82) is 0 Å². The number of benzene rings is 1. The van der Waals surface area contributed by atoms with E-state index in [4.69, 9.17) is 21.4 Å². The fraction of sp³-hybridized carbons (Fsp3) is 0.273. The third-order valence-corrected chi connectivity index (χ3v) is 2.47. The summed E-state index contributed by atoms with van der Waals surface area (Å²) >= 11 is 5.83. The fourth-order valence-corrected chi connectivity index (χ4v) is 1.68. The van der Waals surface area contributed by atoms with Crippen molar-refractivity contribution in [1.82, 2.24) is 0 Å². The van der Waals surface area contributed by atoms with Crippen LogP contribution in [0.25, 0.3) is 0 Å². The maximum atomic E-state index is 10.6. The monoisotopic (exact) mass is 239 g/mol. The number of rotatable bonds is 3. The molecule has 1 aliphatic rings. The molecule has 1 aromatic rings. The summed E-state index contributed by atoms with van der Waals surface area (Å²) in [5.74, 6) is -0.504. The molecule has 1 aromatic carbocycles. The Morgan fingerprint density at radius 3 is 3.06 bits per heavy atom. The van der Waals surface area contributed by atoms with Crippen LogP contribution in [0.1, 0.15) is 5.56 Å². The standard InChI is InChI=1S/C11H10ClNO3/c12-8-3-1-2-7(4-8)5-10-13-9(6-16-10)11(14)15/h1-4,9H,5-6H2,(H,14,15). The topological polar surface area (TPSA) is 58.9 Å². The van der Waals surface area contributed by atoms with Crippen LogP contribution < -0.4 is 0 Å². The molecular weight excluding hydrogens is 230 g/mol. The summed E-state index contributed by atoms with van der Waals surface area (Å²) in [4.78, 5) is 14.6. The van der Waals surface area contributed by atoms with Crippen LogP contribution in [0.2, 0.25) is 5.02 Å². The maximum Gasteiger partial charge on any atom is 0.332 e. The highest BCUT2D eigenvalue weighted by atomic mass is 35.5. The van der Waals surface area contributed by atoms with E-state index in [0.717, 1.165) is 5.56 Å². The lowest BCUT2D eigenvalue weighted by Crippen LogP contribution is -2.18. The van der Waals surface area contributed by atoms with Gasteiger partial charge in [0, 0.05) is 11.4 Å². The molecule has 0 spiro atoms. The number of hydrogen-bond donors (Lipinski definition) is 1. The molecule has 0 saturated heterocycles. The molecule has 0 aliphatic carbocycles. The summed E-state index contributed by atoms with van der Waals surface area (Å²) in [5.41, 5.74) is 0.956. The Balaban J connectivity index is 2.06. The van der Waals surface area contributed by atoms with E-state index in [0.29, 0.717) is 17.3 Å². The van der Waals surface area contributed by atoms with Crippen molar-refractivity contribution in [3.05, 3.63) is 34.9 Å². The van der Waals surface area contributed by atoms with Gasteiger partial charge in [-0.05, 0) is 17.7 Å². The van der Waals surface area contributed by atoms with E-state index in [1.54, 1.807) is 6.07 Å². The third kappa shape index (κ3) is 2.52. The molecule has 84 valence electrons. The number of halogens is 1. The van der Waals surface area contributed by atoms with E-state index in [1.807, 2.05) is 18.2 Å². The number of carboxylic acids is 1. The highest BCUT2D eigenvalue weighted by Gasteiger charge is 2.24. The summed E-state index contributed by atoms with van der Waals surface area (Å²) in [5, 5.41) is 9.38. The third-order valence-electron chi connectivity index (χ3n) is 2.24. The molecule has 0 aromatic heterocycles. The van der Waals surface area contributed by atoms with Gasteiger partial charge in [0.05, 0.1) is 0 Å². The molecule has 1 N–H and O–H groups in total. The lowest BCUT2D eigenvalue weighted by atomic mass is 10.1. The van der Waals surface area contributed by atoms with Crippen LogP contribution in [-0.4, -0.2) is 29.6 Å². The highest BCUT2D eigenvalue weighted by molar-refractivity contribution is 6.30. The molecule has 2 rings (SSSR count). The van der Waals surface area contributed by atoms with Gasteiger partial charge in [-0.15, -0.1) is 0 Å². The largest absolute Gasteiger partial charge is 0.480 e. The molecule has 4 nitrogen and oxygen atoms in total. The molecule has 1 aliphatic heterocycles. The minimum absolute atomic E-state index is 0.116. The average Bonchev–Trinajstić information content (AvgIpc) is 2.66. The second-order valence-corrected chi connectivity index (χ2v) is 3.93. The molecule has 0 radical (unpaired) electrons. The molecule has 16 heavy (non-hydrogen) atoms. The minimum atomic E-state index is -0.957. The first-order chi connectivity index (χ1) is 7.65. The van der Waals surface area contributed by atoms with Crippen LogP contribution in [0.3, 0.4) is 0 Å². The number of carboxylic acid groups (broad SMARTS) is 1. The van der Waals surface area contributed by atoms with Crippen LogP contribution >= 0.6 is 11.6 Å². The van der Waals surface area contributed by atoms with E-state index in [2.05, 4.69) is 4.99 Å². The van der Waals surface area contributed by atoms with Gasteiger partial charge in [-0.3, -0.25) is 0 Å². The van der Waals surface area contributed by atoms with E-state index < -0.39 is 12.0 Å². The second kappa shape index (κ2) is 4.53. The van der Waals surface area contributed by atoms with E-state index >= 15 is 0 Å². The zero-order valence-corrected chi connectivity index (χ0v) is 9.15. The SMILES string of the molecule is O=C(O)C1COC(Cc2cccc(Cl)c2)=N1. The van der Waals surface area contributed by atoms with Crippen molar-refractivity contribution in [3.63, 3.8) is 0 Å². The molecule has 0 fully saturated rings. The highest BCUT2D eigenvalue weighted by Crippen LogP contribution is 2.14. The number of nitrogens with zero attached hydrogens (tertiary/aromatic N) is 1. The molecule has 0 amide bonds. The Hall–Kier alpha value is -1.55. The Morgan fingerprint density at radius 2 is 2.44 bits per heavy atom. The van der Waals surface area contributed by atoms with E-state index in [9.17, 15) is 4.79 Å². The zero-order valence-electron chi connectivity index (χ0n) is 8.39. The van der Waals surface area contributed by atoms with Crippen LogP contribution in [-0.2, 0) is 16.0 Å². The molecule has 1 atom stereocenters. The molecule has 5 heteroatoms. The Labute approximate surface area is 97.5 Å². The van der Waals surface area contributed by atoms with Gasteiger partial charge in [0.2, 0.25) is 0 Å². The molecule has 1 heterocycles. The van der Waals surface area contributed by atoms with Crippen LogP contribution in [0.4, 0.5) is 0 Å². The van der Waals surface area contributed by atoms with Gasteiger partial charge in [-0.25, -0.2) is 9.79 Å². The van der Waals surface area contributed by atoms with Crippen LogP contribution in [0, 0.1) is 0 Å². The predicted molar refractivity (Wildman–Crippen MR) is 60.0 cm³/mol. The first kappa shape index (κ1) is 11.0. The number of aliphatic imine (C=N–C) groups is 1. The first-order valence-electron chi connectivity index (χ1n) is 4.82. The summed E-state index contributed by atoms with van der Waals surface area (Å²) in [6.07, 6.45) is 0.477. The number of aliphatic carboxylic acids is 1. The summed E-state index contributed by atoms with van der Waals surface area (Å²) in [6, 6.07) is 6.55. The van der Waals surface area contributed by atoms with Crippen molar-refractivity contribution >= 4 is 23.5 Å². The van der Waals surface area contributed by atoms with Crippen LogP contribution in [0.5, 0.6) is 0 Å². The van der Waals surface area contributed by atoms with E-state index in [-0.39, 0.29) is 6.61 Å². The molecule has 1 unspecified atom stereocenters. The Morgan fingerprint density at radius 1 is 1.62 bits per heavy atom. The summed E-state index contributed by atoms with van der Waals surface area (Å²) in [7, 11) is 0. The van der Waals surface area contributed by atoms with Crippen molar-refractivity contribution in [2.24, 2.45) is 4.99 Å². The average molecular weight is 240 g/mol. The van der Waals surface area contributed by atoms with Crippen LogP contribution in [0.15, 0.2) is 29.3 Å². The van der Waals surface area contributed by atoms with Crippen molar-refractivity contribution in [3.8, 4) is 0 Å². The molecule has 0 saturated carbocycles. The molecular formula is C11H10ClNO3. The Kier molecular flexibility index (Phi) is 3.10. The van der Waals surface area contributed by atoms with Gasteiger partial charge in [-0.2, -0.15) is 0 Å². The van der Waals surface area contributed by atoms with Gasteiger partial charge in [0.15, 0.2) is 11.9 Å². The lowest BCUT2D eigenvalue weighted by molar-refractivity contribution is -0.138. The van der Waals surface area contributed by atoms with Crippen molar-refractivity contribution in [2.45, 2.75) is 12.5 Å². The first-order valence-corrected chi connectivity index (χ1v) is 5.19. The fourth-order valence-electron chi connectivity index (χ4n) is 1.47. The zero-order chi connectivity index (χ0) is 11.5.